The Morgan fingerprint density at radius 3 is 2.67 bits per heavy atom. The molecule has 2 aromatic rings. The fraction of sp³-hybridized carbons (Fsp3) is 0.455. The molecule has 1 saturated heterocycles. The first-order valence-electron chi connectivity index (χ1n) is 9.69. The lowest BCUT2D eigenvalue weighted by molar-refractivity contribution is 0.187. The molecule has 1 N–H and O–H groups in total. The predicted molar refractivity (Wildman–Crippen MR) is 108 cm³/mol. The highest BCUT2D eigenvalue weighted by Crippen LogP contribution is 2.27. The van der Waals surface area contributed by atoms with E-state index in [2.05, 4.69) is 41.3 Å². The summed E-state index contributed by atoms with van der Waals surface area (Å²) in [5.74, 6) is 0. The average Bonchev–Trinajstić information content (AvgIpc) is 3.04. The molecule has 5 nitrogen and oxygen atoms in total. The van der Waals surface area contributed by atoms with Crippen LogP contribution in [0.2, 0.25) is 0 Å². The first-order chi connectivity index (χ1) is 13.0. The number of hydrogen-bond donors (Lipinski definition) is 1. The van der Waals surface area contributed by atoms with E-state index in [0.717, 1.165) is 31.6 Å². The van der Waals surface area contributed by atoms with Crippen molar-refractivity contribution in [3.05, 3.63) is 66.0 Å². The Bertz CT molecular complexity index is 722. The van der Waals surface area contributed by atoms with E-state index in [-0.39, 0.29) is 11.4 Å². The third kappa shape index (κ3) is 5.79. The molecule has 0 spiro atoms. The standard InChI is InChI=1S/C22H30N4O/c1-22(12-15-25(2)18-22)17-24-21(27)26(16-20-10-6-7-13-23-20)14-11-19-8-4-3-5-9-19/h3-10,13H,11-12,14-18H2,1-2H3,(H,24,27)/t22-/m1/s1. The molecular weight excluding hydrogens is 336 g/mol. The number of pyridine rings is 1. The molecule has 0 aliphatic carbocycles. The zero-order valence-electron chi connectivity index (χ0n) is 16.4. The second-order valence-corrected chi connectivity index (χ2v) is 7.94. The van der Waals surface area contributed by atoms with Crippen molar-refractivity contribution < 1.29 is 4.79 Å². The lowest BCUT2D eigenvalue weighted by Gasteiger charge is -2.28. The van der Waals surface area contributed by atoms with Gasteiger partial charge in [-0.25, -0.2) is 4.79 Å². The van der Waals surface area contributed by atoms with Crippen molar-refractivity contribution in [2.24, 2.45) is 5.41 Å². The van der Waals surface area contributed by atoms with Gasteiger partial charge in [-0.1, -0.05) is 43.3 Å². The molecule has 1 aliphatic heterocycles. The van der Waals surface area contributed by atoms with E-state index in [0.29, 0.717) is 19.6 Å². The van der Waals surface area contributed by atoms with Crippen molar-refractivity contribution in [2.45, 2.75) is 26.3 Å². The molecule has 5 heteroatoms. The van der Waals surface area contributed by atoms with Crippen LogP contribution in [0.25, 0.3) is 0 Å². The number of carbonyl (C=O) groups is 1. The molecule has 2 amide bonds. The summed E-state index contributed by atoms with van der Waals surface area (Å²) in [4.78, 5) is 21.5. The van der Waals surface area contributed by atoms with Crippen molar-refractivity contribution >= 4 is 6.03 Å². The topological polar surface area (TPSA) is 48.5 Å². The normalized spacial score (nSPS) is 19.8. The monoisotopic (exact) mass is 366 g/mol. The van der Waals surface area contributed by atoms with Crippen molar-refractivity contribution in [1.82, 2.24) is 20.1 Å². The highest BCUT2D eigenvalue weighted by molar-refractivity contribution is 5.74. The van der Waals surface area contributed by atoms with Gasteiger partial charge in [0.2, 0.25) is 0 Å². The quantitative estimate of drug-likeness (QED) is 0.819. The molecule has 27 heavy (non-hydrogen) atoms. The molecule has 1 aromatic heterocycles. The molecule has 0 saturated carbocycles. The van der Waals surface area contributed by atoms with E-state index in [1.165, 1.54) is 5.56 Å². The number of benzene rings is 1. The minimum atomic E-state index is -0.00707. The number of hydrogen-bond acceptors (Lipinski definition) is 3. The van der Waals surface area contributed by atoms with E-state index < -0.39 is 0 Å². The Hall–Kier alpha value is -2.40. The maximum absolute atomic E-state index is 12.9. The molecule has 144 valence electrons. The average molecular weight is 367 g/mol. The molecule has 3 rings (SSSR count). The lowest BCUT2D eigenvalue weighted by atomic mass is 9.90. The predicted octanol–water partition coefficient (Wildman–Crippen LogP) is 3.18. The summed E-state index contributed by atoms with van der Waals surface area (Å²) >= 11 is 0. The first kappa shape index (κ1) is 19.4. The lowest BCUT2D eigenvalue weighted by Crippen LogP contribution is -2.45. The minimum Gasteiger partial charge on any atom is -0.337 e. The van der Waals surface area contributed by atoms with Crippen LogP contribution in [0.15, 0.2) is 54.7 Å². The summed E-state index contributed by atoms with van der Waals surface area (Å²) in [5.41, 5.74) is 2.30. The van der Waals surface area contributed by atoms with Gasteiger partial charge in [0, 0.05) is 25.8 Å². The second-order valence-electron chi connectivity index (χ2n) is 7.94. The second kappa shape index (κ2) is 9.00. The number of carbonyl (C=O) groups excluding carboxylic acids is 1. The summed E-state index contributed by atoms with van der Waals surface area (Å²) in [6, 6.07) is 16.1. The third-order valence-electron chi connectivity index (χ3n) is 5.29. The molecule has 1 atom stereocenters. The largest absolute Gasteiger partial charge is 0.337 e. The van der Waals surface area contributed by atoms with Gasteiger partial charge in [-0.05, 0) is 49.5 Å². The van der Waals surface area contributed by atoms with E-state index >= 15 is 0 Å². The number of amides is 2. The van der Waals surface area contributed by atoms with Crippen LogP contribution in [0.4, 0.5) is 4.79 Å². The summed E-state index contributed by atoms with van der Waals surface area (Å²) in [7, 11) is 2.14. The van der Waals surface area contributed by atoms with Gasteiger partial charge < -0.3 is 15.1 Å². The number of rotatable bonds is 7. The number of aromatic nitrogens is 1. The molecule has 1 fully saturated rings. The fourth-order valence-electron chi connectivity index (χ4n) is 3.66. The van der Waals surface area contributed by atoms with Crippen molar-refractivity contribution in [1.29, 1.82) is 0 Å². The van der Waals surface area contributed by atoms with Gasteiger partial charge in [0.25, 0.3) is 0 Å². The van der Waals surface area contributed by atoms with Gasteiger partial charge in [0.05, 0.1) is 12.2 Å². The van der Waals surface area contributed by atoms with Gasteiger partial charge in [-0.2, -0.15) is 0 Å². The van der Waals surface area contributed by atoms with E-state index in [9.17, 15) is 4.79 Å². The highest BCUT2D eigenvalue weighted by Gasteiger charge is 2.32. The Kier molecular flexibility index (Phi) is 6.45. The van der Waals surface area contributed by atoms with Gasteiger partial charge in [0.15, 0.2) is 0 Å². The fourth-order valence-corrected chi connectivity index (χ4v) is 3.66. The smallest absolute Gasteiger partial charge is 0.317 e. The zero-order valence-corrected chi connectivity index (χ0v) is 16.4. The number of urea groups is 1. The number of nitrogens with one attached hydrogen (secondary N) is 1. The first-order valence-corrected chi connectivity index (χ1v) is 9.69. The molecule has 1 aliphatic rings. The van der Waals surface area contributed by atoms with Crippen LogP contribution in [-0.2, 0) is 13.0 Å². The molecule has 0 radical (unpaired) electrons. The summed E-state index contributed by atoms with van der Waals surface area (Å²) in [5, 5.41) is 3.17. The van der Waals surface area contributed by atoms with Crippen LogP contribution in [-0.4, -0.2) is 54.0 Å². The zero-order chi connectivity index (χ0) is 19.1. The highest BCUT2D eigenvalue weighted by atomic mass is 16.2. The van der Waals surface area contributed by atoms with Crippen LogP contribution in [0.5, 0.6) is 0 Å². The van der Waals surface area contributed by atoms with Gasteiger partial charge in [-0.15, -0.1) is 0 Å². The molecule has 0 unspecified atom stereocenters. The van der Waals surface area contributed by atoms with Crippen molar-refractivity contribution in [3.8, 4) is 0 Å². The number of nitrogens with zero attached hydrogens (tertiary/aromatic N) is 3. The van der Waals surface area contributed by atoms with Crippen LogP contribution in [0, 0.1) is 5.41 Å². The van der Waals surface area contributed by atoms with Crippen molar-refractivity contribution in [2.75, 3.05) is 33.2 Å². The third-order valence-corrected chi connectivity index (χ3v) is 5.29. The Balaban J connectivity index is 1.61. The Morgan fingerprint density at radius 2 is 2.00 bits per heavy atom. The van der Waals surface area contributed by atoms with Crippen LogP contribution in [0.1, 0.15) is 24.6 Å². The van der Waals surface area contributed by atoms with E-state index in [1.54, 1.807) is 6.20 Å². The van der Waals surface area contributed by atoms with Crippen molar-refractivity contribution in [3.63, 3.8) is 0 Å². The number of likely N-dealkylation sites (tertiary alicyclic amines) is 1. The van der Waals surface area contributed by atoms with E-state index in [4.69, 9.17) is 0 Å². The van der Waals surface area contributed by atoms with Gasteiger partial charge in [0.1, 0.15) is 0 Å². The van der Waals surface area contributed by atoms with E-state index in [1.807, 2.05) is 41.3 Å². The molecule has 0 bridgehead atoms. The van der Waals surface area contributed by atoms with Crippen LogP contribution in [0.3, 0.4) is 0 Å². The maximum atomic E-state index is 12.9. The molecular formula is C22H30N4O. The van der Waals surface area contributed by atoms with Gasteiger partial charge >= 0.3 is 6.03 Å². The summed E-state index contributed by atoms with van der Waals surface area (Å²) in [6.07, 6.45) is 3.73. The Labute approximate surface area is 162 Å². The maximum Gasteiger partial charge on any atom is 0.317 e. The van der Waals surface area contributed by atoms with Crippen LogP contribution < -0.4 is 5.32 Å². The van der Waals surface area contributed by atoms with Crippen LogP contribution >= 0.6 is 0 Å². The molecule has 2 heterocycles. The summed E-state index contributed by atoms with van der Waals surface area (Å²) in [6.45, 7) is 6.28. The van der Waals surface area contributed by atoms with Gasteiger partial charge in [-0.3, -0.25) is 4.98 Å². The SMILES string of the molecule is CN1CC[C@](C)(CNC(=O)N(CCc2ccccc2)Cc2ccccn2)C1. The molecule has 1 aromatic carbocycles. The Morgan fingerprint density at radius 1 is 1.22 bits per heavy atom. The summed E-state index contributed by atoms with van der Waals surface area (Å²) < 4.78 is 0. The minimum absolute atomic E-state index is 0.00707.